The van der Waals surface area contributed by atoms with E-state index >= 15 is 0 Å². The molecule has 0 aliphatic rings. The van der Waals surface area contributed by atoms with Gasteiger partial charge >= 0.3 is 0 Å². The Kier molecular flexibility index (Phi) is 7.40. The number of nitrogens with zero attached hydrogens (tertiary/aromatic N) is 1. The largest absolute Gasteiger partial charge is 0.314 e. The molecule has 9 heteroatoms. The molecule has 0 radical (unpaired) electrons. The smallest absolute Gasteiger partial charge is 0.277 e. The maximum atomic E-state index is 12.5. The van der Waals surface area contributed by atoms with Gasteiger partial charge in [-0.05, 0) is 23.8 Å². The van der Waals surface area contributed by atoms with Crippen molar-refractivity contribution in [1.82, 2.24) is 9.97 Å². The molecule has 2 rings (SSSR count). The summed E-state index contributed by atoms with van der Waals surface area (Å²) in [4.78, 5) is 44.0. The fourth-order valence-corrected chi connectivity index (χ4v) is 3.64. The van der Waals surface area contributed by atoms with Crippen LogP contribution < -0.4 is 16.2 Å². The molecule has 0 aliphatic carbocycles. The van der Waals surface area contributed by atoms with Crippen molar-refractivity contribution in [2.75, 3.05) is 16.4 Å². The fraction of sp³-hybridized carbons (Fsp3) is 0.412. The van der Waals surface area contributed by atoms with E-state index in [1.165, 1.54) is 23.1 Å². The topological polar surface area (TPSA) is 104 Å². The summed E-state index contributed by atoms with van der Waals surface area (Å²) in [7, 11) is 0. The average molecular weight is 395 g/mol. The van der Waals surface area contributed by atoms with Gasteiger partial charge in [-0.1, -0.05) is 38.6 Å². The number of rotatable bonds is 8. The van der Waals surface area contributed by atoms with E-state index in [1.807, 2.05) is 0 Å². The van der Waals surface area contributed by atoms with Crippen LogP contribution in [0.5, 0.6) is 0 Å². The average Bonchev–Trinajstić information content (AvgIpc) is 3.12. The zero-order chi connectivity index (χ0) is 19.1. The van der Waals surface area contributed by atoms with Gasteiger partial charge in [0.25, 0.3) is 11.5 Å². The number of aromatic amines is 1. The molecule has 0 spiro atoms. The van der Waals surface area contributed by atoms with Gasteiger partial charge in [-0.3, -0.25) is 19.4 Å². The molecule has 0 aliphatic heterocycles. The summed E-state index contributed by atoms with van der Waals surface area (Å²) < 4.78 is 0. The van der Waals surface area contributed by atoms with E-state index in [4.69, 9.17) is 0 Å². The lowest BCUT2D eigenvalue weighted by Gasteiger charge is -2.12. The van der Waals surface area contributed by atoms with Gasteiger partial charge in [-0.15, -0.1) is 11.3 Å². The van der Waals surface area contributed by atoms with E-state index in [2.05, 4.69) is 34.4 Å². The summed E-state index contributed by atoms with van der Waals surface area (Å²) in [5.74, 6) is 0.700. The van der Waals surface area contributed by atoms with Crippen LogP contribution in [0, 0.1) is 5.92 Å². The Morgan fingerprint density at radius 3 is 2.73 bits per heavy atom. The molecule has 2 aromatic rings. The highest BCUT2D eigenvalue weighted by molar-refractivity contribution is 7.99. The van der Waals surface area contributed by atoms with E-state index in [9.17, 15) is 14.4 Å². The van der Waals surface area contributed by atoms with Gasteiger partial charge in [-0.25, -0.2) is 4.98 Å². The van der Waals surface area contributed by atoms with Crippen LogP contribution in [-0.4, -0.2) is 27.5 Å². The van der Waals surface area contributed by atoms with Crippen LogP contribution >= 0.6 is 23.1 Å². The highest BCUT2D eigenvalue weighted by Gasteiger charge is 2.17. The first-order valence-electron chi connectivity index (χ1n) is 8.32. The van der Waals surface area contributed by atoms with Crippen LogP contribution in [-0.2, 0) is 4.79 Å². The summed E-state index contributed by atoms with van der Waals surface area (Å²) in [6, 6.07) is 3.40. The minimum absolute atomic E-state index is 0.0570. The Balaban J connectivity index is 2.28. The van der Waals surface area contributed by atoms with Gasteiger partial charge in [0.1, 0.15) is 0 Å². The van der Waals surface area contributed by atoms with Crippen LogP contribution in [0.15, 0.2) is 27.5 Å². The Labute approximate surface area is 160 Å². The molecule has 0 bridgehead atoms. The number of nitrogens with one attached hydrogen (secondary N) is 3. The summed E-state index contributed by atoms with van der Waals surface area (Å²) in [5, 5.41) is 7.33. The highest BCUT2D eigenvalue weighted by atomic mass is 32.2. The molecule has 2 aromatic heterocycles. The molecule has 2 amide bonds. The van der Waals surface area contributed by atoms with E-state index in [1.54, 1.807) is 24.4 Å². The quantitative estimate of drug-likeness (QED) is 0.469. The third-order valence-corrected chi connectivity index (χ3v) is 5.17. The van der Waals surface area contributed by atoms with Gasteiger partial charge in [0.2, 0.25) is 5.91 Å². The lowest BCUT2D eigenvalue weighted by molar-refractivity contribution is -0.115. The molecular weight excluding hydrogens is 372 g/mol. The van der Waals surface area contributed by atoms with Crippen molar-refractivity contribution in [2.45, 2.75) is 38.8 Å². The van der Waals surface area contributed by atoms with Crippen molar-refractivity contribution < 1.29 is 9.59 Å². The third kappa shape index (κ3) is 5.70. The monoisotopic (exact) mass is 394 g/mol. The first-order valence-corrected chi connectivity index (χ1v) is 10.2. The van der Waals surface area contributed by atoms with Crippen molar-refractivity contribution in [3.63, 3.8) is 0 Å². The van der Waals surface area contributed by atoms with E-state index in [0.717, 1.165) is 12.2 Å². The minimum atomic E-state index is -0.497. The number of hydrogen-bond acceptors (Lipinski definition) is 6. The molecule has 0 fully saturated rings. The third-order valence-electron chi connectivity index (χ3n) is 3.39. The molecule has 7 nitrogen and oxygen atoms in total. The number of thiophene rings is 1. The van der Waals surface area contributed by atoms with Crippen molar-refractivity contribution in [3.05, 3.63) is 32.7 Å². The molecule has 2 heterocycles. The summed E-state index contributed by atoms with van der Waals surface area (Å²) >= 11 is 2.67. The van der Waals surface area contributed by atoms with Crippen LogP contribution in [0.3, 0.4) is 0 Å². The van der Waals surface area contributed by atoms with Gasteiger partial charge in [0.15, 0.2) is 16.7 Å². The van der Waals surface area contributed by atoms with Crippen LogP contribution in [0.1, 0.15) is 43.3 Å². The lowest BCUT2D eigenvalue weighted by Crippen LogP contribution is -2.24. The predicted octanol–water partition coefficient (Wildman–Crippen LogP) is 3.57. The van der Waals surface area contributed by atoms with Crippen molar-refractivity contribution in [1.29, 1.82) is 0 Å². The van der Waals surface area contributed by atoms with Crippen molar-refractivity contribution >= 4 is 46.4 Å². The first kappa shape index (κ1) is 20.2. The molecule has 26 heavy (non-hydrogen) atoms. The molecule has 0 unspecified atom stereocenters. The number of amides is 2. The Morgan fingerprint density at radius 1 is 1.35 bits per heavy atom. The first-order chi connectivity index (χ1) is 12.4. The zero-order valence-corrected chi connectivity index (χ0v) is 16.6. The minimum Gasteiger partial charge on any atom is -0.314 e. The summed E-state index contributed by atoms with van der Waals surface area (Å²) in [6.07, 6.45) is 1.21. The molecule has 0 saturated carbocycles. The molecular formula is C17H22N4O3S2. The molecule has 0 aromatic carbocycles. The maximum Gasteiger partial charge on any atom is 0.277 e. The summed E-state index contributed by atoms with van der Waals surface area (Å²) in [5.41, 5.74) is -0.554. The molecule has 3 N–H and O–H groups in total. The maximum absolute atomic E-state index is 12.5. The lowest BCUT2D eigenvalue weighted by atomic mass is 10.2. The highest BCUT2D eigenvalue weighted by Crippen LogP contribution is 2.22. The molecule has 0 saturated heterocycles. The normalized spacial score (nSPS) is 10.8. The Morgan fingerprint density at radius 2 is 2.12 bits per heavy atom. The predicted molar refractivity (Wildman–Crippen MR) is 106 cm³/mol. The van der Waals surface area contributed by atoms with E-state index in [0.29, 0.717) is 16.0 Å². The number of H-pyrrole nitrogens is 1. The van der Waals surface area contributed by atoms with Crippen molar-refractivity contribution in [3.8, 4) is 0 Å². The zero-order valence-electron chi connectivity index (χ0n) is 14.9. The Hall–Kier alpha value is -2.13. The van der Waals surface area contributed by atoms with Gasteiger partial charge < -0.3 is 10.6 Å². The molecule has 140 valence electrons. The Bertz CT molecular complexity index is 816. The summed E-state index contributed by atoms with van der Waals surface area (Å²) in [6.45, 7) is 5.93. The van der Waals surface area contributed by atoms with Crippen molar-refractivity contribution in [2.24, 2.45) is 5.92 Å². The number of carbonyl (C=O) groups excluding carboxylic acids is 2. The molecule has 0 atom stereocenters. The van der Waals surface area contributed by atoms with E-state index < -0.39 is 11.5 Å². The number of hydrogen-bond donors (Lipinski definition) is 3. The second kappa shape index (κ2) is 9.54. The van der Waals surface area contributed by atoms with Crippen LogP contribution in [0.4, 0.5) is 11.5 Å². The van der Waals surface area contributed by atoms with Crippen LogP contribution in [0.25, 0.3) is 0 Å². The van der Waals surface area contributed by atoms with Crippen LogP contribution in [0.2, 0.25) is 0 Å². The fourth-order valence-electron chi connectivity index (χ4n) is 1.92. The SMILES string of the molecule is CCC(=O)Nc1nc(SCCC(C)C)[nH]c(=O)c1NC(=O)c1cccs1. The number of anilines is 2. The number of thioether (sulfide) groups is 1. The van der Waals surface area contributed by atoms with E-state index in [-0.39, 0.29) is 23.8 Å². The standard InChI is InChI=1S/C17H22N4O3S2/c1-4-12(22)18-14-13(19-15(23)11-6-5-8-25-11)16(24)21-17(20-14)26-9-7-10(2)3/h5-6,8,10H,4,7,9H2,1-3H3,(H,19,23)(H2,18,20,21,22,24). The van der Waals surface area contributed by atoms with Gasteiger partial charge in [0, 0.05) is 12.2 Å². The number of carbonyl (C=O) groups is 2. The number of aromatic nitrogens is 2. The van der Waals surface area contributed by atoms with Gasteiger partial charge in [0.05, 0.1) is 4.88 Å². The van der Waals surface area contributed by atoms with Gasteiger partial charge in [-0.2, -0.15) is 0 Å². The second-order valence-electron chi connectivity index (χ2n) is 5.96. The second-order valence-corrected chi connectivity index (χ2v) is 7.99.